The fourth-order valence-electron chi connectivity index (χ4n) is 3.73. The van der Waals surface area contributed by atoms with Crippen LogP contribution in [-0.4, -0.2) is 30.6 Å². The normalized spacial score (nSPS) is 11.2. The summed E-state index contributed by atoms with van der Waals surface area (Å²) in [5, 5.41) is 11.3. The summed E-state index contributed by atoms with van der Waals surface area (Å²) in [5.41, 5.74) is 4.08. The molecule has 4 heterocycles. The Morgan fingerprint density at radius 1 is 1.15 bits per heavy atom. The summed E-state index contributed by atoms with van der Waals surface area (Å²) in [7, 11) is 0. The van der Waals surface area contributed by atoms with E-state index in [-0.39, 0.29) is 24.1 Å². The first kappa shape index (κ1) is 22.2. The predicted molar refractivity (Wildman–Crippen MR) is 127 cm³/mol. The van der Waals surface area contributed by atoms with E-state index in [1.165, 1.54) is 0 Å². The van der Waals surface area contributed by atoms with Gasteiger partial charge in [0.25, 0.3) is 11.5 Å². The van der Waals surface area contributed by atoms with Gasteiger partial charge in [0.1, 0.15) is 5.82 Å². The number of amides is 1. The number of hydrogen-bond donors (Lipinski definition) is 3. The molecule has 0 saturated heterocycles. The monoisotopic (exact) mass is 445 g/mol. The molecule has 0 spiro atoms. The molecule has 4 aromatic heterocycles. The lowest BCUT2D eigenvalue weighted by atomic mass is 10.1. The van der Waals surface area contributed by atoms with Crippen molar-refractivity contribution in [2.24, 2.45) is 0 Å². The predicted octanol–water partition coefficient (Wildman–Crippen LogP) is 3.25. The fraction of sp³-hybridized carbons (Fsp3) is 0.292. The lowest BCUT2D eigenvalue weighted by molar-refractivity contribution is 0.0952. The summed E-state index contributed by atoms with van der Waals surface area (Å²) >= 11 is 0. The molecule has 0 unspecified atom stereocenters. The van der Waals surface area contributed by atoms with Gasteiger partial charge in [0.15, 0.2) is 5.65 Å². The lowest BCUT2D eigenvalue weighted by Crippen LogP contribution is -2.28. The van der Waals surface area contributed by atoms with E-state index in [4.69, 9.17) is 4.98 Å². The van der Waals surface area contributed by atoms with E-state index >= 15 is 0 Å². The summed E-state index contributed by atoms with van der Waals surface area (Å²) in [6.45, 7) is 8.38. The molecule has 0 saturated carbocycles. The Bertz CT molecular complexity index is 1360. The lowest BCUT2D eigenvalue weighted by Gasteiger charge is -2.12. The molecule has 0 aromatic carbocycles. The van der Waals surface area contributed by atoms with Gasteiger partial charge in [-0.2, -0.15) is 5.10 Å². The Hall–Kier alpha value is -4.01. The van der Waals surface area contributed by atoms with Crippen LogP contribution in [0, 0.1) is 13.8 Å². The van der Waals surface area contributed by atoms with Gasteiger partial charge in [0.2, 0.25) is 0 Å². The van der Waals surface area contributed by atoms with Crippen molar-refractivity contribution in [3.63, 3.8) is 0 Å². The van der Waals surface area contributed by atoms with E-state index in [0.717, 1.165) is 16.8 Å². The summed E-state index contributed by atoms with van der Waals surface area (Å²) in [4.78, 5) is 37.1. The largest absolute Gasteiger partial charge is 0.366 e. The molecule has 0 aliphatic carbocycles. The minimum Gasteiger partial charge on any atom is -0.366 e. The second kappa shape index (κ2) is 9.23. The molecule has 0 atom stereocenters. The number of hydrogen-bond acceptors (Lipinski definition) is 6. The Kier molecular flexibility index (Phi) is 6.21. The summed E-state index contributed by atoms with van der Waals surface area (Å²) in [6, 6.07) is 7.52. The van der Waals surface area contributed by atoms with Crippen molar-refractivity contribution < 1.29 is 4.79 Å². The van der Waals surface area contributed by atoms with Crippen LogP contribution in [0.3, 0.4) is 0 Å². The highest BCUT2D eigenvalue weighted by molar-refractivity contribution is 6.06. The number of nitrogens with one attached hydrogen (secondary N) is 3. The van der Waals surface area contributed by atoms with E-state index in [0.29, 0.717) is 34.5 Å². The van der Waals surface area contributed by atoms with Crippen LogP contribution in [0.4, 0.5) is 5.82 Å². The third-order valence-corrected chi connectivity index (χ3v) is 5.44. The smallest absolute Gasteiger partial charge is 0.253 e. The first-order chi connectivity index (χ1) is 15.8. The van der Waals surface area contributed by atoms with Crippen LogP contribution in [0.2, 0.25) is 0 Å². The Labute approximate surface area is 191 Å². The van der Waals surface area contributed by atoms with Gasteiger partial charge in [-0.05, 0) is 63.1 Å². The van der Waals surface area contributed by atoms with E-state index in [9.17, 15) is 9.59 Å². The molecular formula is C24H27N7O2. The number of anilines is 1. The van der Waals surface area contributed by atoms with Crippen LogP contribution >= 0.6 is 0 Å². The maximum atomic E-state index is 13.2. The van der Waals surface area contributed by atoms with Gasteiger partial charge in [-0.15, -0.1) is 0 Å². The average molecular weight is 446 g/mol. The molecule has 0 fully saturated rings. The highest BCUT2D eigenvalue weighted by Crippen LogP contribution is 2.23. The molecule has 1 amide bonds. The number of aromatic nitrogens is 5. The summed E-state index contributed by atoms with van der Waals surface area (Å²) in [5.74, 6) is 0.272. The number of carbonyl (C=O) groups excluding carboxylic acids is 1. The van der Waals surface area contributed by atoms with Crippen LogP contribution in [0.5, 0.6) is 0 Å². The topological polar surface area (TPSA) is 118 Å². The van der Waals surface area contributed by atoms with E-state index in [2.05, 4.69) is 25.7 Å². The molecule has 0 aliphatic heterocycles. The van der Waals surface area contributed by atoms with Crippen LogP contribution in [0.1, 0.15) is 52.6 Å². The molecule has 4 rings (SSSR count). The third-order valence-electron chi connectivity index (χ3n) is 5.44. The number of H-pyrrole nitrogens is 1. The van der Waals surface area contributed by atoms with Crippen molar-refractivity contribution in [3.05, 3.63) is 81.2 Å². The molecule has 4 aromatic rings. The van der Waals surface area contributed by atoms with Crippen molar-refractivity contribution >= 4 is 22.8 Å². The average Bonchev–Trinajstić information content (AvgIpc) is 3.21. The quantitative estimate of drug-likeness (QED) is 0.402. The van der Waals surface area contributed by atoms with E-state index < -0.39 is 0 Å². The molecule has 9 nitrogen and oxygen atoms in total. The molecule has 3 N–H and O–H groups in total. The molecule has 170 valence electrons. The zero-order valence-electron chi connectivity index (χ0n) is 19.1. The number of pyridine rings is 3. The Morgan fingerprint density at radius 2 is 1.91 bits per heavy atom. The number of nitrogens with zero attached hydrogens (tertiary/aromatic N) is 4. The zero-order valence-corrected chi connectivity index (χ0v) is 19.1. The van der Waals surface area contributed by atoms with Crippen LogP contribution in [0.15, 0.2) is 47.7 Å². The number of aromatic amines is 1. The highest BCUT2D eigenvalue weighted by Gasteiger charge is 2.18. The maximum absolute atomic E-state index is 13.2. The number of aryl methyl sites for hydroxylation is 2. The van der Waals surface area contributed by atoms with Crippen molar-refractivity contribution in [1.29, 1.82) is 0 Å². The number of rotatable bonds is 7. The molecule has 0 radical (unpaired) electrons. The van der Waals surface area contributed by atoms with Gasteiger partial charge in [-0.25, -0.2) is 9.67 Å². The summed E-state index contributed by atoms with van der Waals surface area (Å²) < 4.78 is 1.79. The molecule has 0 aliphatic rings. The molecule has 9 heteroatoms. The minimum atomic E-state index is -0.294. The minimum absolute atomic E-state index is 0.0788. The van der Waals surface area contributed by atoms with Crippen molar-refractivity contribution in [1.82, 2.24) is 30.0 Å². The first-order valence-corrected chi connectivity index (χ1v) is 10.8. The van der Waals surface area contributed by atoms with Gasteiger partial charge in [-0.3, -0.25) is 14.6 Å². The van der Waals surface area contributed by atoms with Gasteiger partial charge in [0.05, 0.1) is 17.1 Å². The van der Waals surface area contributed by atoms with Gasteiger partial charge in [0, 0.05) is 42.8 Å². The molecule has 33 heavy (non-hydrogen) atoms. The first-order valence-electron chi connectivity index (χ1n) is 10.8. The summed E-state index contributed by atoms with van der Waals surface area (Å²) in [6.07, 6.45) is 5.12. The van der Waals surface area contributed by atoms with Crippen LogP contribution < -0.4 is 16.2 Å². The highest BCUT2D eigenvalue weighted by atomic mass is 16.1. The maximum Gasteiger partial charge on any atom is 0.253 e. The number of fused-ring (bicyclic) bond motifs is 1. The van der Waals surface area contributed by atoms with Gasteiger partial charge < -0.3 is 15.6 Å². The van der Waals surface area contributed by atoms with Crippen molar-refractivity contribution in [3.8, 4) is 0 Å². The van der Waals surface area contributed by atoms with Gasteiger partial charge >= 0.3 is 0 Å². The number of carbonyl (C=O) groups is 1. The zero-order chi connectivity index (χ0) is 23.5. The molecular weight excluding hydrogens is 418 g/mol. The molecule has 0 bridgehead atoms. The fourth-order valence-corrected chi connectivity index (χ4v) is 3.73. The SMILES string of the molecule is Cc1cc(C)c(CNC(=O)c2cc(NCc3ccncc3)nc3c2cnn3C(C)C)c(=O)[nH]1. The Morgan fingerprint density at radius 3 is 2.61 bits per heavy atom. The van der Waals surface area contributed by atoms with Gasteiger partial charge in [-0.1, -0.05) is 0 Å². The van der Waals surface area contributed by atoms with Crippen LogP contribution in [0.25, 0.3) is 11.0 Å². The third kappa shape index (κ3) is 4.77. The second-order valence-electron chi connectivity index (χ2n) is 8.31. The van der Waals surface area contributed by atoms with Crippen LogP contribution in [-0.2, 0) is 13.1 Å². The standard InChI is InChI=1S/C24H27N7O2/c1-14(2)31-22-20(13-28-31)18(10-21(30-22)26-11-17-5-7-25-8-6-17)23(32)27-12-19-15(3)9-16(4)29-24(19)33/h5-10,13-14H,11-12H2,1-4H3,(H,26,30)(H,27,32)(H,29,33). The Balaban J connectivity index is 1.65. The van der Waals surface area contributed by atoms with E-state index in [1.807, 2.05) is 45.9 Å². The van der Waals surface area contributed by atoms with E-state index in [1.54, 1.807) is 29.3 Å². The van der Waals surface area contributed by atoms with Crippen molar-refractivity contribution in [2.75, 3.05) is 5.32 Å². The second-order valence-corrected chi connectivity index (χ2v) is 8.31. The van der Waals surface area contributed by atoms with Crippen molar-refractivity contribution in [2.45, 2.75) is 46.8 Å².